The summed E-state index contributed by atoms with van der Waals surface area (Å²) in [6.07, 6.45) is 2.23. The summed E-state index contributed by atoms with van der Waals surface area (Å²) in [5.74, 6) is 0.962. The molecule has 0 unspecified atom stereocenters. The van der Waals surface area contributed by atoms with Gasteiger partial charge in [0.1, 0.15) is 5.69 Å². The number of fused-ring (bicyclic) bond motifs is 2. The normalized spacial score (nSPS) is 15.4. The van der Waals surface area contributed by atoms with Gasteiger partial charge in [0, 0.05) is 25.7 Å². The van der Waals surface area contributed by atoms with E-state index in [1.807, 2.05) is 18.2 Å². The number of carbonyl (C=O) groups is 1. The van der Waals surface area contributed by atoms with Crippen LogP contribution in [0.4, 0.5) is 5.13 Å². The van der Waals surface area contributed by atoms with Crippen molar-refractivity contribution in [2.45, 2.75) is 19.4 Å². The molecule has 10 heteroatoms. The Labute approximate surface area is 163 Å². The Morgan fingerprint density at radius 1 is 1.18 bits per heavy atom. The van der Waals surface area contributed by atoms with Gasteiger partial charge in [0.2, 0.25) is 16.9 Å². The summed E-state index contributed by atoms with van der Waals surface area (Å²) in [7, 11) is 0. The molecule has 5 rings (SSSR count). The van der Waals surface area contributed by atoms with Crippen LogP contribution in [-0.2, 0) is 6.54 Å². The smallest absolute Gasteiger partial charge is 0.274 e. The van der Waals surface area contributed by atoms with Gasteiger partial charge in [-0.3, -0.25) is 9.59 Å². The number of hydrogen-bond acceptors (Lipinski definition) is 8. The van der Waals surface area contributed by atoms with E-state index in [9.17, 15) is 9.59 Å². The third-order valence-electron chi connectivity index (χ3n) is 4.74. The molecule has 0 atom stereocenters. The maximum Gasteiger partial charge on any atom is 0.274 e. The highest BCUT2D eigenvalue weighted by Crippen LogP contribution is 2.32. The van der Waals surface area contributed by atoms with Crippen LogP contribution in [0.25, 0.3) is 4.96 Å². The van der Waals surface area contributed by atoms with Gasteiger partial charge in [-0.2, -0.15) is 9.50 Å². The van der Waals surface area contributed by atoms with Gasteiger partial charge in [-0.1, -0.05) is 17.4 Å². The number of rotatable bonds is 4. The van der Waals surface area contributed by atoms with E-state index in [0.717, 1.165) is 36.6 Å². The Morgan fingerprint density at radius 3 is 2.86 bits per heavy atom. The van der Waals surface area contributed by atoms with Gasteiger partial charge in [-0.05, 0) is 30.5 Å². The van der Waals surface area contributed by atoms with Gasteiger partial charge in [0.05, 0.1) is 0 Å². The molecule has 0 bridgehead atoms. The molecule has 2 aromatic heterocycles. The van der Waals surface area contributed by atoms with Crippen molar-refractivity contribution in [3.05, 3.63) is 45.9 Å². The van der Waals surface area contributed by atoms with Crippen molar-refractivity contribution < 1.29 is 14.3 Å². The van der Waals surface area contributed by atoms with Gasteiger partial charge in [-0.25, -0.2) is 0 Å². The Morgan fingerprint density at radius 2 is 2.00 bits per heavy atom. The lowest BCUT2D eigenvalue weighted by Gasteiger charge is -2.11. The Kier molecular flexibility index (Phi) is 4.12. The van der Waals surface area contributed by atoms with Crippen molar-refractivity contribution in [2.75, 3.05) is 24.8 Å². The van der Waals surface area contributed by atoms with Crippen molar-refractivity contribution in [2.24, 2.45) is 0 Å². The number of carbonyl (C=O) groups excluding carboxylic acids is 1. The van der Waals surface area contributed by atoms with Gasteiger partial charge < -0.3 is 19.7 Å². The molecule has 3 aromatic rings. The molecule has 1 N–H and O–H groups in total. The molecule has 1 saturated heterocycles. The standard InChI is InChI=1S/C18H17N5O4S/c24-15-8-12(23-17(20-15)28-18(21-23)22-5-1-2-6-22)16(25)19-9-11-3-4-13-14(7-11)27-10-26-13/h3-4,7-8H,1-2,5-6,9-10H2,(H,19,25). The summed E-state index contributed by atoms with van der Waals surface area (Å²) in [5.41, 5.74) is 0.591. The Bertz CT molecular complexity index is 1120. The van der Waals surface area contributed by atoms with Crippen LogP contribution in [-0.4, -0.2) is 40.4 Å². The molecule has 2 aliphatic heterocycles. The Hall–Kier alpha value is -3.14. The summed E-state index contributed by atoms with van der Waals surface area (Å²) in [6.45, 7) is 2.34. The molecule has 0 radical (unpaired) electrons. The second-order valence-electron chi connectivity index (χ2n) is 6.62. The van der Waals surface area contributed by atoms with E-state index in [4.69, 9.17) is 9.47 Å². The summed E-state index contributed by atoms with van der Waals surface area (Å²) in [6, 6.07) is 6.71. The zero-order valence-corrected chi connectivity index (χ0v) is 15.7. The van der Waals surface area contributed by atoms with Crippen molar-refractivity contribution in [3.8, 4) is 11.5 Å². The molecule has 0 aliphatic carbocycles. The van der Waals surface area contributed by atoms with Crippen molar-refractivity contribution in [1.82, 2.24) is 19.9 Å². The van der Waals surface area contributed by atoms with Gasteiger partial charge >= 0.3 is 0 Å². The molecule has 2 aliphatic rings. The highest BCUT2D eigenvalue weighted by molar-refractivity contribution is 7.20. The summed E-state index contributed by atoms with van der Waals surface area (Å²) >= 11 is 1.32. The number of anilines is 1. The van der Waals surface area contributed by atoms with Crippen LogP contribution in [0.5, 0.6) is 11.5 Å². The molecule has 1 aromatic carbocycles. The minimum absolute atomic E-state index is 0.178. The predicted molar refractivity (Wildman–Crippen MR) is 102 cm³/mol. The number of nitrogens with zero attached hydrogens (tertiary/aromatic N) is 4. The second-order valence-corrected chi connectivity index (χ2v) is 7.56. The fraction of sp³-hybridized carbons (Fsp3) is 0.333. The molecule has 144 valence electrons. The van der Waals surface area contributed by atoms with Crippen LogP contribution in [0.15, 0.2) is 29.1 Å². The highest BCUT2D eigenvalue weighted by atomic mass is 32.1. The zero-order chi connectivity index (χ0) is 19.1. The topological polar surface area (TPSA) is 98.1 Å². The van der Waals surface area contributed by atoms with E-state index in [0.29, 0.717) is 16.5 Å². The molecule has 1 fully saturated rings. The first-order chi connectivity index (χ1) is 13.7. The van der Waals surface area contributed by atoms with E-state index in [1.165, 1.54) is 21.9 Å². The number of benzene rings is 1. The molecular weight excluding hydrogens is 382 g/mol. The fourth-order valence-electron chi connectivity index (χ4n) is 3.33. The zero-order valence-electron chi connectivity index (χ0n) is 14.9. The maximum absolute atomic E-state index is 12.7. The largest absolute Gasteiger partial charge is 0.454 e. The average molecular weight is 399 g/mol. The first kappa shape index (κ1) is 17.0. The van der Waals surface area contributed by atoms with E-state index < -0.39 is 5.56 Å². The Balaban J connectivity index is 1.39. The third-order valence-corrected chi connectivity index (χ3v) is 5.71. The van der Waals surface area contributed by atoms with Crippen molar-refractivity contribution in [3.63, 3.8) is 0 Å². The lowest BCUT2D eigenvalue weighted by molar-refractivity contribution is 0.0943. The molecule has 0 spiro atoms. The highest BCUT2D eigenvalue weighted by Gasteiger charge is 2.21. The predicted octanol–water partition coefficient (Wildman–Crippen LogP) is 1.41. The molecular formula is C18H17N5O4S. The number of amides is 1. The van der Waals surface area contributed by atoms with Crippen molar-refractivity contribution in [1.29, 1.82) is 0 Å². The molecule has 4 heterocycles. The minimum Gasteiger partial charge on any atom is -0.454 e. The third kappa shape index (κ3) is 3.05. The van der Waals surface area contributed by atoms with Crippen LogP contribution < -0.4 is 25.2 Å². The van der Waals surface area contributed by atoms with Crippen LogP contribution in [0, 0.1) is 0 Å². The lowest BCUT2D eigenvalue weighted by Crippen LogP contribution is -2.27. The number of hydrogen-bond donors (Lipinski definition) is 1. The summed E-state index contributed by atoms with van der Waals surface area (Å²) in [5, 5.41) is 8.13. The summed E-state index contributed by atoms with van der Waals surface area (Å²) in [4.78, 5) is 31.3. The van der Waals surface area contributed by atoms with Gasteiger partial charge in [0.25, 0.3) is 11.5 Å². The van der Waals surface area contributed by atoms with Crippen LogP contribution in [0.2, 0.25) is 0 Å². The first-order valence-corrected chi connectivity index (χ1v) is 9.82. The van der Waals surface area contributed by atoms with Crippen LogP contribution in [0.1, 0.15) is 28.9 Å². The molecule has 1 amide bonds. The molecule has 28 heavy (non-hydrogen) atoms. The summed E-state index contributed by atoms with van der Waals surface area (Å²) < 4.78 is 12.1. The molecule has 0 saturated carbocycles. The van der Waals surface area contributed by atoms with Gasteiger partial charge in [0.15, 0.2) is 11.5 Å². The monoisotopic (exact) mass is 399 g/mol. The van der Waals surface area contributed by atoms with E-state index in [2.05, 4.69) is 20.3 Å². The number of ether oxygens (including phenoxy) is 2. The van der Waals surface area contributed by atoms with Crippen LogP contribution >= 0.6 is 11.3 Å². The van der Waals surface area contributed by atoms with E-state index in [1.54, 1.807) is 0 Å². The maximum atomic E-state index is 12.7. The minimum atomic E-state index is -0.454. The quantitative estimate of drug-likeness (QED) is 0.708. The first-order valence-electron chi connectivity index (χ1n) is 9.00. The van der Waals surface area contributed by atoms with E-state index >= 15 is 0 Å². The number of nitrogens with one attached hydrogen (secondary N) is 1. The molecule has 9 nitrogen and oxygen atoms in total. The fourth-order valence-corrected chi connectivity index (χ4v) is 4.29. The van der Waals surface area contributed by atoms with Crippen LogP contribution in [0.3, 0.4) is 0 Å². The average Bonchev–Trinajstić information content (AvgIpc) is 3.44. The number of aromatic nitrogens is 3. The SMILES string of the molecule is O=C(NCc1ccc2c(c1)OCO2)c1cc(=O)nc2sc(N3CCCC3)nn12. The lowest BCUT2D eigenvalue weighted by atomic mass is 10.2. The van der Waals surface area contributed by atoms with Crippen molar-refractivity contribution >= 4 is 27.3 Å². The van der Waals surface area contributed by atoms with Gasteiger partial charge in [-0.15, -0.1) is 5.10 Å². The van der Waals surface area contributed by atoms with E-state index in [-0.39, 0.29) is 24.9 Å². The second kappa shape index (κ2) is 6.79.